The second-order valence-electron chi connectivity index (χ2n) is 10.8. The van der Waals surface area contributed by atoms with Crippen LogP contribution in [-0.4, -0.2) is 46.6 Å². The molecule has 25 heavy (non-hydrogen) atoms. The van der Waals surface area contributed by atoms with E-state index in [1.54, 1.807) is 0 Å². The van der Waals surface area contributed by atoms with Crippen molar-refractivity contribution < 1.29 is 17.7 Å². The van der Waals surface area contributed by atoms with E-state index in [-0.39, 0.29) is 24.0 Å². The van der Waals surface area contributed by atoms with Crippen molar-refractivity contribution in [1.29, 1.82) is 0 Å². The minimum absolute atomic E-state index is 0.0491. The summed E-state index contributed by atoms with van der Waals surface area (Å²) in [7, 11) is -3.39. The van der Waals surface area contributed by atoms with Crippen LogP contribution in [0.1, 0.15) is 69.2 Å². The Balaban J connectivity index is 5.41. The molecule has 6 nitrogen and oxygen atoms in total. The SMILES string of the molecule is CC(C)(C)CO[Si](OCC(C)(C)C)(OCC(C)(C)N)OCC(C)(C)N. The summed E-state index contributed by atoms with van der Waals surface area (Å²) in [6, 6.07) is 0. The molecule has 0 heterocycles. The van der Waals surface area contributed by atoms with Crippen LogP contribution >= 0.6 is 0 Å². The molecule has 0 aliphatic heterocycles. The quantitative estimate of drug-likeness (QED) is 0.568. The summed E-state index contributed by atoms with van der Waals surface area (Å²) >= 11 is 0. The lowest BCUT2D eigenvalue weighted by Crippen LogP contribution is -2.57. The van der Waals surface area contributed by atoms with E-state index in [2.05, 4.69) is 41.5 Å². The standard InChI is InChI=1S/C18H42N2O4Si/c1-15(2,3)11-21-25(22-12-16(4,5)6,23-13-17(7,8)19)24-14-18(9,10)20/h11-14,19-20H2,1-10H3. The summed E-state index contributed by atoms with van der Waals surface area (Å²) in [4.78, 5) is 0. The first-order valence-corrected chi connectivity index (χ1v) is 10.6. The lowest BCUT2D eigenvalue weighted by molar-refractivity contribution is -0.0693. The number of rotatable bonds is 10. The minimum Gasteiger partial charge on any atom is -0.351 e. The largest absolute Gasteiger partial charge is 0.679 e. The second kappa shape index (κ2) is 8.78. The maximum Gasteiger partial charge on any atom is 0.679 e. The normalized spacial score (nSPS) is 14.9. The van der Waals surface area contributed by atoms with Gasteiger partial charge in [-0.05, 0) is 38.5 Å². The Morgan fingerprint density at radius 3 is 0.960 bits per heavy atom. The molecule has 0 aromatic carbocycles. The van der Waals surface area contributed by atoms with Crippen LogP contribution in [0.25, 0.3) is 0 Å². The van der Waals surface area contributed by atoms with Gasteiger partial charge in [0.25, 0.3) is 0 Å². The van der Waals surface area contributed by atoms with Gasteiger partial charge in [-0.25, -0.2) is 0 Å². The highest BCUT2D eigenvalue weighted by molar-refractivity contribution is 6.53. The zero-order valence-electron chi connectivity index (χ0n) is 18.1. The Hall–Kier alpha value is -0.0231. The van der Waals surface area contributed by atoms with Crippen LogP contribution < -0.4 is 11.5 Å². The van der Waals surface area contributed by atoms with Crippen molar-refractivity contribution in [3.63, 3.8) is 0 Å². The van der Waals surface area contributed by atoms with E-state index in [0.717, 1.165) is 0 Å². The molecule has 0 aliphatic rings. The zero-order valence-corrected chi connectivity index (χ0v) is 19.1. The molecular weight excluding hydrogens is 336 g/mol. The maximum absolute atomic E-state index is 6.14. The van der Waals surface area contributed by atoms with Crippen LogP contribution in [-0.2, 0) is 17.7 Å². The first-order chi connectivity index (χ1) is 10.8. The molecule has 0 unspecified atom stereocenters. The van der Waals surface area contributed by atoms with E-state index in [4.69, 9.17) is 29.2 Å². The van der Waals surface area contributed by atoms with Crippen molar-refractivity contribution in [3.05, 3.63) is 0 Å². The molecule has 0 aliphatic carbocycles. The number of hydrogen-bond donors (Lipinski definition) is 2. The fraction of sp³-hybridized carbons (Fsp3) is 1.00. The molecule has 0 rings (SSSR count). The molecule has 0 amide bonds. The molecule has 0 fully saturated rings. The Labute approximate surface area is 156 Å². The predicted molar refractivity (Wildman–Crippen MR) is 105 cm³/mol. The van der Waals surface area contributed by atoms with E-state index < -0.39 is 20.1 Å². The highest BCUT2D eigenvalue weighted by Crippen LogP contribution is 2.24. The summed E-state index contributed by atoms with van der Waals surface area (Å²) in [6.45, 7) is 21.6. The van der Waals surface area contributed by atoms with Gasteiger partial charge in [0.05, 0.1) is 13.2 Å². The van der Waals surface area contributed by atoms with Crippen LogP contribution in [0.4, 0.5) is 0 Å². The average molecular weight is 379 g/mol. The third-order valence-corrected chi connectivity index (χ3v) is 4.60. The van der Waals surface area contributed by atoms with Crippen LogP contribution in [0.2, 0.25) is 0 Å². The van der Waals surface area contributed by atoms with Crippen molar-refractivity contribution in [3.8, 4) is 0 Å². The zero-order chi connectivity index (χ0) is 20.2. The molecule has 0 atom stereocenters. The van der Waals surface area contributed by atoms with E-state index >= 15 is 0 Å². The van der Waals surface area contributed by atoms with Crippen molar-refractivity contribution >= 4 is 9.05 Å². The van der Waals surface area contributed by atoms with E-state index in [9.17, 15) is 0 Å². The molecule has 7 heteroatoms. The van der Waals surface area contributed by atoms with Gasteiger partial charge in [-0.15, -0.1) is 0 Å². The van der Waals surface area contributed by atoms with Crippen LogP contribution in [0.15, 0.2) is 0 Å². The van der Waals surface area contributed by atoms with E-state index in [1.807, 2.05) is 27.7 Å². The molecule has 0 bridgehead atoms. The predicted octanol–water partition coefficient (Wildman–Crippen LogP) is 3.06. The highest BCUT2D eigenvalue weighted by Gasteiger charge is 2.49. The van der Waals surface area contributed by atoms with Crippen LogP contribution in [0.5, 0.6) is 0 Å². The van der Waals surface area contributed by atoms with Crippen molar-refractivity contribution in [2.24, 2.45) is 22.3 Å². The Bertz CT molecular complexity index is 312. The van der Waals surface area contributed by atoms with Gasteiger partial charge >= 0.3 is 9.05 Å². The summed E-state index contributed by atoms with van der Waals surface area (Å²) in [5.74, 6) is 0. The summed E-state index contributed by atoms with van der Waals surface area (Å²) in [5.41, 5.74) is 11.1. The summed E-state index contributed by atoms with van der Waals surface area (Å²) in [6.07, 6.45) is 0. The molecule has 0 aromatic heterocycles. The molecule has 0 radical (unpaired) electrons. The van der Waals surface area contributed by atoms with Gasteiger partial charge in [0.15, 0.2) is 0 Å². The molecular formula is C18H42N2O4Si. The topological polar surface area (TPSA) is 89.0 Å². The summed E-state index contributed by atoms with van der Waals surface area (Å²) in [5, 5.41) is 0. The van der Waals surface area contributed by atoms with Crippen LogP contribution in [0.3, 0.4) is 0 Å². The lowest BCUT2D eigenvalue weighted by atomic mass is 9.99. The van der Waals surface area contributed by atoms with Crippen LogP contribution in [0, 0.1) is 10.8 Å². The van der Waals surface area contributed by atoms with Gasteiger partial charge in [0.1, 0.15) is 0 Å². The monoisotopic (exact) mass is 378 g/mol. The van der Waals surface area contributed by atoms with Gasteiger partial charge in [0, 0.05) is 24.3 Å². The van der Waals surface area contributed by atoms with E-state index in [1.165, 1.54) is 0 Å². The van der Waals surface area contributed by atoms with Gasteiger partial charge in [-0.3, -0.25) is 0 Å². The first-order valence-electron chi connectivity index (χ1n) is 8.96. The molecule has 0 aromatic rings. The third kappa shape index (κ3) is 14.8. The molecule has 4 N–H and O–H groups in total. The maximum atomic E-state index is 6.14. The average Bonchev–Trinajstić information content (AvgIpc) is 2.33. The van der Waals surface area contributed by atoms with Gasteiger partial charge in [-0.1, -0.05) is 41.5 Å². The fourth-order valence-corrected chi connectivity index (χ4v) is 4.23. The lowest BCUT2D eigenvalue weighted by Gasteiger charge is -2.36. The molecule has 0 saturated heterocycles. The fourth-order valence-electron chi connectivity index (χ4n) is 1.41. The molecule has 0 saturated carbocycles. The highest BCUT2D eigenvalue weighted by atomic mass is 28.4. The molecule has 152 valence electrons. The van der Waals surface area contributed by atoms with Crippen molar-refractivity contribution in [1.82, 2.24) is 0 Å². The second-order valence-corrected chi connectivity index (χ2v) is 12.9. The van der Waals surface area contributed by atoms with Crippen molar-refractivity contribution in [2.75, 3.05) is 26.4 Å². The van der Waals surface area contributed by atoms with Gasteiger partial charge < -0.3 is 29.2 Å². The minimum atomic E-state index is -3.39. The Morgan fingerprint density at radius 2 is 0.760 bits per heavy atom. The molecule has 0 spiro atoms. The summed E-state index contributed by atoms with van der Waals surface area (Å²) < 4.78 is 24.4. The number of hydrogen-bond acceptors (Lipinski definition) is 6. The van der Waals surface area contributed by atoms with Crippen molar-refractivity contribution in [2.45, 2.75) is 80.3 Å². The Kier molecular flexibility index (Phi) is 8.77. The smallest absolute Gasteiger partial charge is 0.351 e. The third-order valence-electron chi connectivity index (χ3n) is 2.61. The number of nitrogens with two attached hydrogens (primary N) is 2. The Morgan fingerprint density at radius 1 is 0.520 bits per heavy atom. The first kappa shape index (κ1) is 25.0. The van der Waals surface area contributed by atoms with Gasteiger partial charge in [0.2, 0.25) is 0 Å². The van der Waals surface area contributed by atoms with Gasteiger partial charge in [-0.2, -0.15) is 0 Å². The van der Waals surface area contributed by atoms with E-state index in [0.29, 0.717) is 13.2 Å².